The second kappa shape index (κ2) is 6.26. The van der Waals surface area contributed by atoms with Crippen molar-refractivity contribution in [2.24, 2.45) is 0 Å². The van der Waals surface area contributed by atoms with Gasteiger partial charge in [0.25, 0.3) is 0 Å². The Morgan fingerprint density at radius 1 is 0.852 bits per heavy atom. The van der Waals surface area contributed by atoms with Gasteiger partial charge in [0.05, 0.1) is 11.1 Å². The highest BCUT2D eigenvalue weighted by Gasteiger charge is 2.54. The number of alkyl halides is 6. The van der Waals surface area contributed by atoms with Gasteiger partial charge < -0.3 is 4.74 Å². The number of hydrogen-bond donors (Lipinski definition) is 1. The lowest BCUT2D eigenvalue weighted by molar-refractivity contribution is -0.154. The molecular weight excluding hydrogens is 376 g/mol. The fourth-order valence-electron chi connectivity index (χ4n) is 3.12. The number of rotatable bonds is 2. The first-order valence-corrected chi connectivity index (χ1v) is 7.81. The quantitative estimate of drug-likeness (QED) is 0.609. The van der Waals surface area contributed by atoms with Crippen LogP contribution in [0.1, 0.15) is 29.2 Å². The van der Waals surface area contributed by atoms with E-state index in [9.17, 15) is 31.1 Å². The number of nitrogens with one attached hydrogen (secondary N) is 1. The van der Waals surface area contributed by atoms with Gasteiger partial charge in [0.1, 0.15) is 6.04 Å². The number of ether oxygens (including phenoxy) is 1. The minimum absolute atomic E-state index is 0.619. The number of carbonyl (C=O) groups excluding carboxylic acids is 1. The summed E-state index contributed by atoms with van der Waals surface area (Å²) in [6, 6.07) is 7.03. The van der Waals surface area contributed by atoms with Gasteiger partial charge in [0.2, 0.25) is 5.72 Å². The average molecular weight is 389 g/mol. The van der Waals surface area contributed by atoms with Crippen LogP contribution in [0.4, 0.5) is 26.3 Å². The van der Waals surface area contributed by atoms with Gasteiger partial charge in [0.15, 0.2) is 0 Å². The van der Waals surface area contributed by atoms with E-state index in [-0.39, 0.29) is 0 Å². The molecule has 9 heteroatoms. The second-order valence-corrected chi connectivity index (χ2v) is 6.05. The molecule has 2 aromatic carbocycles. The van der Waals surface area contributed by atoms with Crippen molar-refractivity contribution < 1.29 is 35.9 Å². The molecule has 1 heterocycles. The normalized spacial score (nSPS) is 19.8. The Morgan fingerprint density at radius 3 is 1.59 bits per heavy atom. The number of hydrogen-bond acceptors (Lipinski definition) is 3. The monoisotopic (exact) mass is 389 g/mol. The lowest BCUT2D eigenvalue weighted by Crippen LogP contribution is -2.44. The molecule has 0 aliphatic carbocycles. The van der Waals surface area contributed by atoms with Gasteiger partial charge >= 0.3 is 18.3 Å². The maximum atomic E-state index is 13.5. The van der Waals surface area contributed by atoms with Crippen molar-refractivity contribution in [2.45, 2.75) is 31.0 Å². The molecule has 144 valence electrons. The van der Waals surface area contributed by atoms with E-state index in [0.29, 0.717) is 0 Å². The zero-order valence-corrected chi connectivity index (χ0v) is 13.8. The summed E-state index contributed by atoms with van der Waals surface area (Å²) in [5.41, 5.74) is -6.05. The van der Waals surface area contributed by atoms with Crippen molar-refractivity contribution in [2.75, 3.05) is 0 Å². The number of halogens is 6. The molecule has 3 nitrogen and oxygen atoms in total. The Hall–Kier alpha value is -2.55. The predicted molar refractivity (Wildman–Crippen MR) is 82.4 cm³/mol. The van der Waals surface area contributed by atoms with E-state index in [1.807, 2.05) is 0 Å². The highest BCUT2D eigenvalue weighted by atomic mass is 19.4. The van der Waals surface area contributed by atoms with E-state index in [2.05, 4.69) is 5.32 Å². The Balaban J connectivity index is 2.36. The van der Waals surface area contributed by atoms with Crippen LogP contribution in [-0.2, 0) is 27.6 Å². The molecule has 1 unspecified atom stereocenters. The maximum absolute atomic E-state index is 13.5. The molecule has 0 spiro atoms. The van der Waals surface area contributed by atoms with Crippen molar-refractivity contribution in [1.29, 1.82) is 0 Å². The maximum Gasteiger partial charge on any atom is 0.416 e. The van der Waals surface area contributed by atoms with E-state index >= 15 is 0 Å². The van der Waals surface area contributed by atoms with Crippen LogP contribution in [-0.4, -0.2) is 12.0 Å². The molecule has 0 saturated carbocycles. The summed E-state index contributed by atoms with van der Waals surface area (Å²) >= 11 is 0. The smallest absolute Gasteiger partial charge is 0.416 e. The average Bonchev–Trinajstić information content (AvgIpc) is 2.89. The summed E-state index contributed by atoms with van der Waals surface area (Å²) in [6.07, 6.45) is -9.73. The van der Waals surface area contributed by atoms with Crippen LogP contribution in [0, 0.1) is 0 Å². The Kier molecular flexibility index (Phi) is 4.46. The van der Waals surface area contributed by atoms with Gasteiger partial charge in [-0.2, -0.15) is 26.3 Å². The Morgan fingerprint density at radius 2 is 1.26 bits per heavy atom. The largest absolute Gasteiger partial charge is 0.434 e. The number of carbonyl (C=O) groups is 1. The topological polar surface area (TPSA) is 38.3 Å². The van der Waals surface area contributed by atoms with Crippen LogP contribution >= 0.6 is 0 Å². The van der Waals surface area contributed by atoms with Crippen molar-refractivity contribution in [3.8, 4) is 0 Å². The van der Waals surface area contributed by atoms with Gasteiger partial charge in [0, 0.05) is 11.1 Å². The Labute approximate surface area is 149 Å². The standard InChI is InChI=1S/C18H13F6NO2/c1-10-15(26)27-16(25-10,11-6-2-4-8-13(11)17(19,20)21)12-7-3-5-9-14(12)18(22,23)24/h2-10,25H,1H3. The van der Waals surface area contributed by atoms with Crippen molar-refractivity contribution in [3.63, 3.8) is 0 Å². The third kappa shape index (κ3) is 3.27. The molecule has 1 N–H and O–H groups in total. The molecule has 27 heavy (non-hydrogen) atoms. The molecule has 1 saturated heterocycles. The molecule has 0 bridgehead atoms. The van der Waals surface area contributed by atoms with Crippen molar-refractivity contribution in [3.05, 3.63) is 70.8 Å². The first-order valence-electron chi connectivity index (χ1n) is 7.81. The molecule has 0 radical (unpaired) electrons. The Bertz CT molecular complexity index is 817. The summed E-state index contributed by atoms with van der Waals surface area (Å²) < 4.78 is 86.3. The van der Waals surface area contributed by atoms with Gasteiger partial charge in [-0.25, -0.2) is 0 Å². The van der Waals surface area contributed by atoms with Crippen LogP contribution in [0.3, 0.4) is 0 Å². The van der Waals surface area contributed by atoms with E-state index in [1.54, 1.807) is 0 Å². The third-order valence-electron chi connectivity index (χ3n) is 4.25. The third-order valence-corrected chi connectivity index (χ3v) is 4.25. The number of benzene rings is 2. The predicted octanol–water partition coefficient (Wildman–Crippen LogP) is 4.46. The zero-order chi connectivity index (χ0) is 20.0. The van der Waals surface area contributed by atoms with Crippen LogP contribution in [0.2, 0.25) is 0 Å². The molecule has 1 aliphatic rings. The van der Waals surface area contributed by atoms with Crippen LogP contribution in [0.25, 0.3) is 0 Å². The van der Waals surface area contributed by atoms with E-state index in [0.717, 1.165) is 36.4 Å². The van der Waals surface area contributed by atoms with Crippen molar-refractivity contribution in [1.82, 2.24) is 5.32 Å². The molecule has 1 atom stereocenters. The first kappa shape index (κ1) is 19.2. The summed E-state index contributed by atoms with van der Waals surface area (Å²) in [5.74, 6) is -0.955. The van der Waals surface area contributed by atoms with Gasteiger partial charge in [-0.3, -0.25) is 10.1 Å². The summed E-state index contributed by atoms with van der Waals surface area (Å²) in [7, 11) is 0. The molecular formula is C18H13F6NO2. The summed E-state index contributed by atoms with van der Waals surface area (Å²) in [6.45, 7) is 1.30. The van der Waals surface area contributed by atoms with E-state index < -0.39 is 52.3 Å². The van der Waals surface area contributed by atoms with Gasteiger partial charge in [-0.1, -0.05) is 36.4 Å². The second-order valence-electron chi connectivity index (χ2n) is 6.05. The molecule has 1 fully saturated rings. The van der Waals surface area contributed by atoms with E-state index in [1.165, 1.54) is 19.1 Å². The van der Waals surface area contributed by atoms with Gasteiger partial charge in [-0.05, 0) is 19.1 Å². The molecule has 3 rings (SSSR count). The van der Waals surface area contributed by atoms with Crippen molar-refractivity contribution >= 4 is 5.97 Å². The lowest BCUT2D eigenvalue weighted by atomic mass is 9.87. The van der Waals surface area contributed by atoms with E-state index in [4.69, 9.17) is 4.74 Å². The first-order chi connectivity index (χ1) is 12.5. The minimum atomic E-state index is -4.86. The molecule has 1 aliphatic heterocycles. The highest BCUT2D eigenvalue weighted by Crippen LogP contribution is 2.46. The number of cyclic esters (lactones) is 1. The fraction of sp³-hybridized carbons (Fsp3) is 0.278. The van der Waals surface area contributed by atoms with Crippen LogP contribution in [0.5, 0.6) is 0 Å². The minimum Gasteiger partial charge on any atom is -0.434 e. The van der Waals surface area contributed by atoms with Crippen LogP contribution in [0.15, 0.2) is 48.5 Å². The fourth-order valence-corrected chi connectivity index (χ4v) is 3.12. The molecule has 0 amide bonds. The highest BCUT2D eigenvalue weighted by molar-refractivity contribution is 5.79. The number of esters is 1. The summed E-state index contributed by atoms with van der Waals surface area (Å²) in [4.78, 5) is 12.0. The molecule has 2 aromatic rings. The van der Waals surface area contributed by atoms with Gasteiger partial charge in [-0.15, -0.1) is 0 Å². The molecule has 0 aromatic heterocycles. The SMILES string of the molecule is CC1NC(c2ccccc2C(F)(F)F)(c2ccccc2C(F)(F)F)OC1=O. The lowest BCUT2D eigenvalue weighted by Gasteiger charge is -2.33. The van der Waals surface area contributed by atoms with Crippen LogP contribution < -0.4 is 5.32 Å². The zero-order valence-electron chi connectivity index (χ0n) is 13.8. The summed E-state index contributed by atoms with van der Waals surface area (Å²) in [5, 5.41) is 2.50.